The first-order valence-corrected chi connectivity index (χ1v) is 13.5. The molecule has 4 bridgehead atoms. The number of aliphatic hydroxyl groups excluding tert-OH is 1. The smallest absolute Gasteiger partial charge is 0.255 e. The summed E-state index contributed by atoms with van der Waals surface area (Å²) in [5, 5.41) is 17.5. The number of rotatable bonds is 11. The molecule has 0 radical (unpaired) electrons. The monoisotopic (exact) mass is 496 g/mol. The molecule has 2 aromatic carbocycles. The standard InChI is InChI=1S/C29H37ClN2O3/c30-24-6-7-27(26(13-24)28(34)32-9-8-20-4-2-1-3-5-20)35-18-25(33)17-31-19-29-14-21-10-22(15-29)12-23(11-21)16-29/h1-7,13,21-23,25,31,33H,8-12,14-19H2,(H,32,34). The number of hydrogen-bond donors (Lipinski definition) is 3. The first kappa shape index (κ1) is 24.6. The molecule has 4 fully saturated rings. The third-order valence-electron chi connectivity index (χ3n) is 8.20. The Morgan fingerprint density at radius 1 is 1.06 bits per heavy atom. The van der Waals surface area contributed by atoms with Gasteiger partial charge in [-0.2, -0.15) is 0 Å². The Hall–Kier alpha value is -2.08. The third-order valence-corrected chi connectivity index (χ3v) is 8.44. The van der Waals surface area contributed by atoms with Crippen LogP contribution in [0.15, 0.2) is 48.5 Å². The fourth-order valence-corrected chi connectivity index (χ4v) is 7.29. The lowest BCUT2D eigenvalue weighted by Crippen LogP contribution is -2.51. The summed E-state index contributed by atoms with van der Waals surface area (Å²) in [6, 6.07) is 15.1. The summed E-state index contributed by atoms with van der Waals surface area (Å²) in [7, 11) is 0. The lowest BCUT2D eigenvalue weighted by Gasteiger charge is -2.57. The molecule has 4 aliphatic carbocycles. The summed E-state index contributed by atoms with van der Waals surface area (Å²) < 4.78 is 5.88. The van der Waals surface area contributed by atoms with Crippen molar-refractivity contribution in [3.05, 3.63) is 64.7 Å². The van der Waals surface area contributed by atoms with Gasteiger partial charge in [-0.15, -0.1) is 0 Å². The quantitative estimate of drug-likeness (QED) is 0.415. The molecule has 2 aromatic rings. The van der Waals surface area contributed by atoms with Crippen LogP contribution in [0.3, 0.4) is 0 Å². The molecule has 1 atom stereocenters. The highest BCUT2D eigenvalue weighted by molar-refractivity contribution is 6.31. The van der Waals surface area contributed by atoms with Gasteiger partial charge in [0.25, 0.3) is 5.91 Å². The van der Waals surface area contributed by atoms with Gasteiger partial charge in [-0.05, 0) is 91.9 Å². The number of benzene rings is 2. The molecule has 0 heterocycles. The SMILES string of the molecule is O=C(NCCc1ccccc1)c1cc(Cl)ccc1OCC(O)CNCC12CC3CC(CC(C3)C1)C2. The first-order valence-electron chi connectivity index (χ1n) is 13.1. The number of carbonyl (C=O) groups excluding carboxylic acids is 1. The molecule has 4 saturated carbocycles. The van der Waals surface area contributed by atoms with Gasteiger partial charge in [0.15, 0.2) is 0 Å². The Morgan fingerprint density at radius 3 is 2.43 bits per heavy atom. The van der Waals surface area contributed by atoms with Gasteiger partial charge in [0.2, 0.25) is 0 Å². The van der Waals surface area contributed by atoms with Gasteiger partial charge < -0.3 is 20.5 Å². The number of aliphatic hydroxyl groups is 1. The van der Waals surface area contributed by atoms with E-state index >= 15 is 0 Å². The first-order chi connectivity index (χ1) is 17.0. The summed E-state index contributed by atoms with van der Waals surface area (Å²) in [5.74, 6) is 3.00. The van der Waals surface area contributed by atoms with Crippen LogP contribution in [-0.4, -0.2) is 43.4 Å². The van der Waals surface area contributed by atoms with Crippen molar-refractivity contribution in [3.8, 4) is 5.75 Å². The second-order valence-electron chi connectivity index (χ2n) is 11.1. The van der Waals surface area contributed by atoms with Crippen molar-refractivity contribution < 1.29 is 14.6 Å². The molecule has 0 aromatic heterocycles. The van der Waals surface area contributed by atoms with Crippen LogP contribution < -0.4 is 15.4 Å². The van der Waals surface area contributed by atoms with Crippen LogP contribution in [0.2, 0.25) is 5.02 Å². The predicted molar refractivity (Wildman–Crippen MR) is 139 cm³/mol. The summed E-state index contributed by atoms with van der Waals surface area (Å²) in [6.07, 6.45) is 8.49. The second kappa shape index (κ2) is 10.9. The number of halogens is 1. The highest BCUT2D eigenvalue weighted by Crippen LogP contribution is 2.59. The van der Waals surface area contributed by atoms with Gasteiger partial charge in [-0.1, -0.05) is 41.9 Å². The van der Waals surface area contributed by atoms with Crippen LogP contribution in [0.25, 0.3) is 0 Å². The average Bonchev–Trinajstić information content (AvgIpc) is 2.83. The Balaban J connectivity index is 1.09. The highest BCUT2D eigenvalue weighted by atomic mass is 35.5. The minimum atomic E-state index is -0.645. The van der Waals surface area contributed by atoms with E-state index in [0.29, 0.717) is 34.8 Å². The van der Waals surface area contributed by atoms with Crippen molar-refractivity contribution in [1.82, 2.24) is 10.6 Å². The highest BCUT2D eigenvalue weighted by Gasteiger charge is 2.50. The molecular formula is C29H37ClN2O3. The molecule has 0 saturated heterocycles. The van der Waals surface area contributed by atoms with Crippen LogP contribution in [0.1, 0.15) is 54.4 Å². The van der Waals surface area contributed by atoms with Crippen molar-refractivity contribution in [1.29, 1.82) is 0 Å². The maximum absolute atomic E-state index is 12.8. The topological polar surface area (TPSA) is 70.6 Å². The van der Waals surface area contributed by atoms with Crippen LogP contribution >= 0.6 is 11.6 Å². The van der Waals surface area contributed by atoms with Crippen molar-refractivity contribution in [3.63, 3.8) is 0 Å². The van der Waals surface area contributed by atoms with E-state index in [1.807, 2.05) is 30.3 Å². The molecule has 0 spiro atoms. The van der Waals surface area contributed by atoms with Crippen LogP contribution in [0.4, 0.5) is 0 Å². The number of ether oxygens (including phenoxy) is 1. The predicted octanol–water partition coefficient (Wildman–Crippen LogP) is 4.86. The van der Waals surface area contributed by atoms with Gasteiger partial charge in [0.05, 0.1) is 5.56 Å². The fourth-order valence-electron chi connectivity index (χ4n) is 7.12. The molecule has 188 valence electrons. The Bertz CT molecular complexity index is 977. The zero-order valence-corrected chi connectivity index (χ0v) is 21.1. The zero-order chi connectivity index (χ0) is 24.3. The zero-order valence-electron chi connectivity index (χ0n) is 20.3. The maximum Gasteiger partial charge on any atom is 0.255 e. The largest absolute Gasteiger partial charge is 0.490 e. The van der Waals surface area contributed by atoms with Gasteiger partial charge in [-0.25, -0.2) is 0 Å². The summed E-state index contributed by atoms with van der Waals surface area (Å²) in [4.78, 5) is 12.8. The third kappa shape index (κ3) is 6.19. The van der Waals surface area contributed by atoms with E-state index < -0.39 is 6.10 Å². The Morgan fingerprint density at radius 2 is 1.74 bits per heavy atom. The maximum atomic E-state index is 12.8. The van der Waals surface area contributed by atoms with Gasteiger partial charge >= 0.3 is 0 Å². The minimum absolute atomic E-state index is 0.125. The number of amides is 1. The summed E-state index contributed by atoms with van der Waals surface area (Å²) in [5.41, 5.74) is 2.00. The molecule has 3 N–H and O–H groups in total. The van der Waals surface area contributed by atoms with E-state index in [1.165, 1.54) is 44.1 Å². The number of nitrogens with one attached hydrogen (secondary N) is 2. The Kier molecular flexibility index (Phi) is 7.66. The van der Waals surface area contributed by atoms with Gasteiger partial charge in [-0.3, -0.25) is 4.79 Å². The van der Waals surface area contributed by atoms with Crippen molar-refractivity contribution in [2.45, 2.75) is 51.0 Å². The van der Waals surface area contributed by atoms with E-state index in [0.717, 1.165) is 30.7 Å². The molecule has 1 amide bonds. The van der Waals surface area contributed by atoms with Crippen molar-refractivity contribution >= 4 is 17.5 Å². The fraction of sp³-hybridized carbons (Fsp3) is 0.552. The van der Waals surface area contributed by atoms with E-state index in [2.05, 4.69) is 10.6 Å². The second-order valence-corrected chi connectivity index (χ2v) is 11.6. The molecule has 5 nitrogen and oxygen atoms in total. The molecule has 35 heavy (non-hydrogen) atoms. The van der Waals surface area contributed by atoms with Crippen LogP contribution in [0, 0.1) is 23.2 Å². The number of hydrogen-bond acceptors (Lipinski definition) is 4. The van der Waals surface area contributed by atoms with E-state index in [4.69, 9.17) is 16.3 Å². The van der Waals surface area contributed by atoms with Crippen LogP contribution in [0.5, 0.6) is 5.75 Å². The van der Waals surface area contributed by atoms with Gasteiger partial charge in [0.1, 0.15) is 18.5 Å². The van der Waals surface area contributed by atoms with E-state index in [-0.39, 0.29) is 12.5 Å². The molecule has 4 aliphatic rings. The van der Waals surface area contributed by atoms with Crippen LogP contribution in [-0.2, 0) is 6.42 Å². The molecular weight excluding hydrogens is 460 g/mol. The lowest BCUT2D eigenvalue weighted by atomic mass is 9.49. The van der Waals surface area contributed by atoms with Gasteiger partial charge in [0, 0.05) is 24.7 Å². The Labute approximate surface area is 213 Å². The summed E-state index contributed by atoms with van der Waals surface area (Å²) >= 11 is 6.16. The minimum Gasteiger partial charge on any atom is -0.490 e. The summed E-state index contributed by atoms with van der Waals surface area (Å²) in [6.45, 7) is 2.13. The molecule has 1 unspecified atom stereocenters. The number of carbonyl (C=O) groups is 1. The van der Waals surface area contributed by atoms with Crippen molar-refractivity contribution in [2.75, 3.05) is 26.2 Å². The molecule has 6 rings (SSSR count). The van der Waals surface area contributed by atoms with Crippen molar-refractivity contribution in [2.24, 2.45) is 23.2 Å². The average molecular weight is 497 g/mol. The molecule has 0 aliphatic heterocycles. The normalized spacial score (nSPS) is 27.5. The lowest BCUT2D eigenvalue weighted by molar-refractivity contribution is -0.0524. The van der Waals surface area contributed by atoms with E-state index in [9.17, 15) is 9.90 Å². The van der Waals surface area contributed by atoms with E-state index in [1.54, 1.807) is 18.2 Å². The molecule has 6 heteroatoms.